The van der Waals surface area contributed by atoms with Crippen molar-refractivity contribution < 1.29 is 5.11 Å². The van der Waals surface area contributed by atoms with Crippen molar-refractivity contribution in [3.63, 3.8) is 0 Å². The van der Waals surface area contributed by atoms with Gasteiger partial charge in [0.2, 0.25) is 0 Å². The van der Waals surface area contributed by atoms with E-state index in [1.807, 2.05) is 13.8 Å². The Morgan fingerprint density at radius 2 is 2.29 bits per heavy atom. The van der Waals surface area contributed by atoms with Gasteiger partial charge in [-0.15, -0.1) is 11.3 Å². The molecule has 0 bridgehead atoms. The SMILES string of the molecule is CC(C)(CO)NCCc1cc(Br)cs1. The summed E-state index contributed by atoms with van der Waals surface area (Å²) < 4.78 is 1.15. The third kappa shape index (κ3) is 4.09. The molecule has 0 unspecified atom stereocenters. The lowest BCUT2D eigenvalue weighted by Gasteiger charge is -2.23. The number of hydrogen-bond acceptors (Lipinski definition) is 3. The number of aliphatic hydroxyl groups excluding tert-OH is 1. The third-order valence-electron chi connectivity index (χ3n) is 1.99. The fourth-order valence-corrected chi connectivity index (χ4v) is 2.52. The van der Waals surface area contributed by atoms with Crippen molar-refractivity contribution in [3.05, 3.63) is 20.8 Å². The van der Waals surface area contributed by atoms with Crippen molar-refractivity contribution in [2.75, 3.05) is 13.2 Å². The van der Waals surface area contributed by atoms with Gasteiger partial charge < -0.3 is 10.4 Å². The first-order valence-corrected chi connectivity index (χ1v) is 6.29. The third-order valence-corrected chi connectivity index (χ3v) is 3.75. The van der Waals surface area contributed by atoms with Crippen LogP contribution in [0.2, 0.25) is 0 Å². The van der Waals surface area contributed by atoms with E-state index in [2.05, 4.69) is 32.7 Å². The summed E-state index contributed by atoms with van der Waals surface area (Å²) in [7, 11) is 0. The Hall–Kier alpha value is 0.1000. The Morgan fingerprint density at radius 3 is 2.79 bits per heavy atom. The molecule has 0 amide bonds. The number of nitrogens with one attached hydrogen (secondary N) is 1. The van der Waals surface area contributed by atoms with Crippen LogP contribution >= 0.6 is 27.3 Å². The smallest absolute Gasteiger partial charge is 0.0607 e. The van der Waals surface area contributed by atoms with E-state index in [1.54, 1.807) is 11.3 Å². The van der Waals surface area contributed by atoms with E-state index in [9.17, 15) is 0 Å². The second kappa shape index (κ2) is 5.26. The van der Waals surface area contributed by atoms with E-state index in [0.717, 1.165) is 17.4 Å². The molecular weight excluding hydrogens is 262 g/mol. The van der Waals surface area contributed by atoms with Crippen molar-refractivity contribution in [1.29, 1.82) is 0 Å². The van der Waals surface area contributed by atoms with Crippen LogP contribution < -0.4 is 5.32 Å². The van der Waals surface area contributed by atoms with Gasteiger partial charge in [0.05, 0.1) is 6.61 Å². The highest BCUT2D eigenvalue weighted by molar-refractivity contribution is 9.10. The van der Waals surface area contributed by atoms with Crippen LogP contribution in [0, 0.1) is 0 Å². The molecule has 1 aromatic heterocycles. The largest absolute Gasteiger partial charge is 0.394 e. The molecule has 2 N–H and O–H groups in total. The van der Waals surface area contributed by atoms with Gasteiger partial charge in [-0.2, -0.15) is 0 Å². The number of rotatable bonds is 5. The standard InChI is InChI=1S/C10H16BrNOS/c1-10(2,7-13)12-4-3-9-5-8(11)6-14-9/h5-6,12-13H,3-4,7H2,1-2H3. The molecule has 0 aliphatic carbocycles. The quantitative estimate of drug-likeness (QED) is 0.867. The summed E-state index contributed by atoms with van der Waals surface area (Å²) in [6.45, 7) is 5.07. The Bertz CT molecular complexity index is 285. The normalized spacial score (nSPS) is 12.0. The second-order valence-corrected chi connectivity index (χ2v) is 5.86. The maximum Gasteiger partial charge on any atom is 0.0607 e. The summed E-state index contributed by atoms with van der Waals surface area (Å²) in [5.74, 6) is 0. The lowest BCUT2D eigenvalue weighted by atomic mass is 10.1. The zero-order chi connectivity index (χ0) is 10.6. The van der Waals surface area contributed by atoms with Crippen LogP contribution in [0.3, 0.4) is 0 Å². The minimum atomic E-state index is -0.172. The van der Waals surface area contributed by atoms with Gasteiger partial charge in [-0.3, -0.25) is 0 Å². The first-order valence-electron chi connectivity index (χ1n) is 4.62. The van der Waals surface area contributed by atoms with Crippen molar-refractivity contribution in [1.82, 2.24) is 5.32 Å². The Morgan fingerprint density at radius 1 is 1.57 bits per heavy atom. The van der Waals surface area contributed by atoms with Gasteiger partial charge >= 0.3 is 0 Å². The number of halogens is 1. The van der Waals surface area contributed by atoms with Crippen LogP contribution in [-0.2, 0) is 6.42 Å². The molecule has 80 valence electrons. The Balaban J connectivity index is 2.28. The molecule has 0 fully saturated rings. The lowest BCUT2D eigenvalue weighted by Crippen LogP contribution is -2.43. The minimum absolute atomic E-state index is 0.168. The number of aliphatic hydroxyl groups is 1. The molecular formula is C10H16BrNOS. The van der Waals surface area contributed by atoms with Gasteiger partial charge in [0.25, 0.3) is 0 Å². The van der Waals surface area contributed by atoms with Crippen LogP contribution in [-0.4, -0.2) is 23.8 Å². The lowest BCUT2D eigenvalue weighted by molar-refractivity contribution is 0.189. The molecule has 0 saturated heterocycles. The molecule has 0 spiro atoms. The van der Waals surface area contributed by atoms with E-state index in [4.69, 9.17) is 5.11 Å². The van der Waals surface area contributed by atoms with Gasteiger partial charge in [-0.05, 0) is 42.3 Å². The van der Waals surface area contributed by atoms with Crippen molar-refractivity contribution in [2.24, 2.45) is 0 Å². The van der Waals surface area contributed by atoms with Crippen molar-refractivity contribution in [2.45, 2.75) is 25.8 Å². The highest BCUT2D eigenvalue weighted by atomic mass is 79.9. The van der Waals surface area contributed by atoms with Crippen LogP contribution in [0.25, 0.3) is 0 Å². The molecule has 0 aliphatic rings. The molecule has 2 nitrogen and oxygen atoms in total. The summed E-state index contributed by atoms with van der Waals surface area (Å²) in [6, 6.07) is 2.14. The van der Waals surface area contributed by atoms with Crippen LogP contribution in [0.4, 0.5) is 0 Å². The second-order valence-electron chi connectivity index (χ2n) is 3.95. The summed E-state index contributed by atoms with van der Waals surface area (Å²) in [5.41, 5.74) is -0.172. The van der Waals surface area contributed by atoms with Gasteiger partial charge in [0, 0.05) is 26.8 Å². The minimum Gasteiger partial charge on any atom is -0.394 e. The average Bonchev–Trinajstić information content (AvgIpc) is 2.51. The van der Waals surface area contributed by atoms with Crippen LogP contribution in [0.5, 0.6) is 0 Å². The molecule has 1 aromatic rings. The maximum absolute atomic E-state index is 9.03. The first-order chi connectivity index (χ1) is 6.53. The summed E-state index contributed by atoms with van der Waals surface area (Å²) >= 11 is 5.19. The van der Waals surface area contributed by atoms with Gasteiger partial charge in [0.1, 0.15) is 0 Å². The van der Waals surface area contributed by atoms with E-state index in [1.165, 1.54) is 4.88 Å². The molecule has 0 aliphatic heterocycles. The van der Waals surface area contributed by atoms with Gasteiger partial charge in [-0.1, -0.05) is 0 Å². The van der Waals surface area contributed by atoms with E-state index >= 15 is 0 Å². The predicted octanol–water partition coefficient (Wildman–Crippen LogP) is 2.41. The van der Waals surface area contributed by atoms with Gasteiger partial charge in [-0.25, -0.2) is 0 Å². The maximum atomic E-state index is 9.03. The van der Waals surface area contributed by atoms with Crippen molar-refractivity contribution >= 4 is 27.3 Å². The molecule has 0 atom stereocenters. The highest BCUT2D eigenvalue weighted by Gasteiger charge is 2.14. The zero-order valence-corrected chi connectivity index (χ0v) is 10.9. The molecule has 0 radical (unpaired) electrons. The van der Waals surface area contributed by atoms with Crippen LogP contribution in [0.1, 0.15) is 18.7 Å². The monoisotopic (exact) mass is 277 g/mol. The van der Waals surface area contributed by atoms with Crippen molar-refractivity contribution in [3.8, 4) is 0 Å². The predicted molar refractivity (Wildman–Crippen MR) is 64.9 cm³/mol. The first kappa shape index (κ1) is 12.2. The average molecular weight is 278 g/mol. The molecule has 14 heavy (non-hydrogen) atoms. The fourth-order valence-electron chi connectivity index (χ4n) is 1.06. The van der Waals surface area contributed by atoms with E-state index in [-0.39, 0.29) is 12.1 Å². The Kier molecular flexibility index (Phi) is 4.57. The van der Waals surface area contributed by atoms with Gasteiger partial charge in [0.15, 0.2) is 0 Å². The molecule has 1 heterocycles. The summed E-state index contributed by atoms with van der Waals surface area (Å²) in [6.07, 6.45) is 1.01. The van der Waals surface area contributed by atoms with Crippen LogP contribution in [0.15, 0.2) is 15.9 Å². The summed E-state index contributed by atoms with van der Waals surface area (Å²) in [5, 5.41) is 14.4. The molecule has 1 rings (SSSR count). The number of thiophene rings is 1. The molecule has 0 saturated carbocycles. The molecule has 4 heteroatoms. The molecule has 0 aromatic carbocycles. The summed E-state index contributed by atoms with van der Waals surface area (Å²) in [4.78, 5) is 1.36. The topological polar surface area (TPSA) is 32.3 Å². The van der Waals surface area contributed by atoms with E-state index < -0.39 is 0 Å². The van der Waals surface area contributed by atoms with E-state index in [0.29, 0.717) is 0 Å². The number of hydrogen-bond donors (Lipinski definition) is 2. The Labute approximate surface area is 97.5 Å². The fraction of sp³-hybridized carbons (Fsp3) is 0.600. The zero-order valence-electron chi connectivity index (χ0n) is 8.51. The highest BCUT2D eigenvalue weighted by Crippen LogP contribution is 2.19.